The number of carboxylic acid groups (broad SMARTS) is 1. The number of aliphatic carboxylic acids is 1. The highest BCUT2D eigenvalue weighted by atomic mass is 32.2. The molecule has 2 heterocycles. The molecule has 0 saturated carbocycles. The number of guanidine groups is 1. The minimum atomic E-state index is -4.01. The van der Waals surface area contributed by atoms with E-state index < -0.39 is 34.0 Å². The summed E-state index contributed by atoms with van der Waals surface area (Å²) < 4.78 is 32.2. The third kappa shape index (κ3) is 7.64. The Balaban J connectivity index is 1.29. The molecule has 2 aliphatic heterocycles. The first kappa shape index (κ1) is 29.2. The number of ether oxygens (including phenoxy) is 1. The van der Waals surface area contributed by atoms with E-state index in [4.69, 9.17) is 4.74 Å². The fourth-order valence-electron chi connectivity index (χ4n) is 4.42. The van der Waals surface area contributed by atoms with Gasteiger partial charge >= 0.3 is 5.97 Å². The maximum absolute atomic E-state index is 13.0. The minimum absolute atomic E-state index is 0.0136. The maximum atomic E-state index is 13.0. The van der Waals surface area contributed by atoms with Gasteiger partial charge in [0.2, 0.25) is 15.9 Å². The number of carbonyl (C=O) groups excluding carboxylic acids is 2. The third-order valence-corrected chi connectivity index (χ3v) is 8.42. The molecule has 13 heteroatoms. The zero-order valence-electron chi connectivity index (χ0n) is 21.9. The largest absolute Gasteiger partial charge is 0.480 e. The Morgan fingerprint density at radius 3 is 2.50 bits per heavy atom. The number of sulfonamides is 1. The molecule has 4 rings (SSSR count). The van der Waals surface area contributed by atoms with Crippen molar-refractivity contribution in [3.63, 3.8) is 0 Å². The molecule has 0 aromatic heterocycles. The van der Waals surface area contributed by atoms with Gasteiger partial charge in [-0.15, -0.1) is 0 Å². The van der Waals surface area contributed by atoms with E-state index in [-0.39, 0.29) is 36.9 Å². The number of amides is 1. The highest BCUT2D eigenvalue weighted by Gasteiger charge is 2.41. The van der Waals surface area contributed by atoms with Crippen LogP contribution in [0.3, 0.4) is 0 Å². The Morgan fingerprint density at radius 1 is 1.10 bits per heavy atom. The summed E-state index contributed by atoms with van der Waals surface area (Å²) in [5.74, 6) is -1.14. The van der Waals surface area contributed by atoms with Crippen LogP contribution in [0.15, 0.2) is 64.5 Å². The molecule has 4 N–H and O–H groups in total. The number of hydrogen-bond acceptors (Lipinski definition) is 9. The van der Waals surface area contributed by atoms with Crippen LogP contribution in [0.4, 0.5) is 0 Å². The average molecular weight is 572 g/mol. The molecule has 2 aromatic carbocycles. The highest BCUT2D eigenvalue weighted by molar-refractivity contribution is 7.89. The molecule has 1 fully saturated rings. The van der Waals surface area contributed by atoms with Gasteiger partial charge in [-0.3, -0.25) is 14.6 Å². The Hall–Kier alpha value is -3.81. The van der Waals surface area contributed by atoms with Crippen molar-refractivity contribution < 1.29 is 32.6 Å². The van der Waals surface area contributed by atoms with E-state index >= 15 is 0 Å². The van der Waals surface area contributed by atoms with Gasteiger partial charge in [0.05, 0.1) is 18.0 Å². The Bertz CT molecular complexity index is 1330. The normalized spacial score (nSPS) is 18.0. The summed E-state index contributed by atoms with van der Waals surface area (Å²) in [6, 6.07) is 12.2. The number of nitrogens with zero attached hydrogens (tertiary/aromatic N) is 2. The number of aliphatic imine (C=N–C) groups is 1. The second kappa shape index (κ2) is 13.5. The van der Waals surface area contributed by atoms with Crippen LogP contribution in [0.25, 0.3) is 0 Å². The molecule has 1 saturated heterocycles. The number of Topliss-reactive ketones (excluding diaryl/α,β-unsaturated/α-hetero) is 1. The Labute approximate surface area is 232 Å². The van der Waals surface area contributed by atoms with Crippen LogP contribution in [-0.2, 0) is 42.0 Å². The maximum Gasteiger partial charge on any atom is 0.326 e. The molecule has 1 amide bonds. The standard InChI is InChI=1S/C27H33N5O7S/c33-21(5-4-12-28-27-29-13-14-30-27)15-19-8-10-20(11-9-19)16-23(26(35)36)31-25(34)24-17-39-18-32(24)40(37,38)22-6-2-1-3-7-22/h1-3,6-11,23-24H,4-5,12-18H2,(H,31,34)(H,35,36)(H2,28,29,30)/t23-,24-/m0/s1. The van der Waals surface area contributed by atoms with E-state index in [0.29, 0.717) is 24.9 Å². The topological polar surface area (TPSA) is 166 Å². The van der Waals surface area contributed by atoms with Gasteiger partial charge in [0, 0.05) is 32.4 Å². The van der Waals surface area contributed by atoms with Gasteiger partial charge in [-0.05, 0) is 29.7 Å². The molecule has 0 unspecified atom stereocenters. The van der Waals surface area contributed by atoms with Crippen LogP contribution in [-0.4, -0.2) is 86.5 Å². The van der Waals surface area contributed by atoms with Crippen molar-refractivity contribution in [1.82, 2.24) is 20.3 Å². The van der Waals surface area contributed by atoms with E-state index in [1.807, 2.05) is 0 Å². The number of hydrogen-bond donors (Lipinski definition) is 4. The van der Waals surface area contributed by atoms with Crippen molar-refractivity contribution in [2.45, 2.75) is 42.7 Å². The van der Waals surface area contributed by atoms with Crippen molar-refractivity contribution in [2.24, 2.45) is 4.99 Å². The first-order valence-electron chi connectivity index (χ1n) is 13.0. The van der Waals surface area contributed by atoms with Crippen LogP contribution in [0.1, 0.15) is 24.0 Å². The van der Waals surface area contributed by atoms with Crippen LogP contribution in [0, 0.1) is 0 Å². The number of carbonyl (C=O) groups is 3. The molecular formula is C27H33N5O7S. The highest BCUT2D eigenvalue weighted by Crippen LogP contribution is 2.22. The molecule has 2 aromatic rings. The van der Waals surface area contributed by atoms with E-state index in [0.717, 1.165) is 28.9 Å². The molecule has 40 heavy (non-hydrogen) atoms. The Morgan fingerprint density at radius 2 is 1.82 bits per heavy atom. The van der Waals surface area contributed by atoms with Gasteiger partial charge < -0.3 is 25.8 Å². The lowest BCUT2D eigenvalue weighted by Gasteiger charge is -2.23. The van der Waals surface area contributed by atoms with Gasteiger partial charge in [0.1, 0.15) is 24.6 Å². The summed E-state index contributed by atoms with van der Waals surface area (Å²) in [5.41, 5.74) is 1.46. The fourth-order valence-corrected chi connectivity index (χ4v) is 5.90. The van der Waals surface area contributed by atoms with E-state index in [1.165, 1.54) is 12.1 Å². The summed E-state index contributed by atoms with van der Waals surface area (Å²) in [4.78, 5) is 41.5. The van der Waals surface area contributed by atoms with Crippen LogP contribution in [0.5, 0.6) is 0 Å². The summed E-state index contributed by atoms with van der Waals surface area (Å²) in [5, 5.41) is 18.5. The van der Waals surface area contributed by atoms with Crippen LogP contribution >= 0.6 is 0 Å². The molecule has 0 spiro atoms. The number of ketones is 1. The van der Waals surface area contributed by atoms with Gasteiger partial charge in [0.15, 0.2) is 5.96 Å². The zero-order valence-corrected chi connectivity index (χ0v) is 22.7. The van der Waals surface area contributed by atoms with Crippen LogP contribution in [0.2, 0.25) is 0 Å². The van der Waals surface area contributed by atoms with Crippen molar-refractivity contribution >= 4 is 33.6 Å². The lowest BCUT2D eigenvalue weighted by Crippen LogP contribution is -2.52. The quantitative estimate of drug-likeness (QED) is 0.247. The summed E-state index contributed by atoms with van der Waals surface area (Å²) in [7, 11) is -4.01. The second-order valence-electron chi connectivity index (χ2n) is 9.54. The van der Waals surface area contributed by atoms with Gasteiger partial charge in [-0.2, -0.15) is 4.31 Å². The van der Waals surface area contributed by atoms with Crippen molar-refractivity contribution in [2.75, 3.05) is 33.0 Å². The van der Waals surface area contributed by atoms with Gasteiger partial charge in [-0.1, -0.05) is 42.5 Å². The van der Waals surface area contributed by atoms with E-state index in [2.05, 4.69) is 20.9 Å². The third-order valence-electron chi connectivity index (χ3n) is 6.57. The lowest BCUT2D eigenvalue weighted by atomic mass is 10.0. The number of carboxylic acids is 1. The first-order valence-corrected chi connectivity index (χ1v) is 14.5. The van der Waals surface area contributed by atoms with Crippen molar-refractivity contribution in [1.29, 1.82) is 0 Å². The summed E-state index contributed by atoms with van der Waals surface area (Å²) in [6.07, 6.45) is 1.37. The molecule has 0 radical (unpaired) electrons. The molecule has 12 nitrogen and oxygen atoms in total. The van der Waals surface area contributed by atoms with E-state index in [9.17, 15) is 27.9 Å². The monoisotopic (exact) mass is 571 g/mol. The predicted octanol–water partition coefficient (Wildman–Crippen LogP) is 0.286. The summed E-state index contributed by atoms with van der Waals surface area (Å²) >= 11 is 0. The SMILES string of the molecule is O=C(CCCNC1=NCCN1)Cc1ccc(C[C@H](NC(=O)[C@@H]2COCN2S(=O)(=O)c2ccccc2)C(=O)O)cc1. The first-order chi connectivity index (χ1) is 19.2. The number of nitrogens with one attached hydrogen (secondary N) is 3. The summed E-state index contributed by atoms with van der Waals surface area (Å²) in [6.45, 7) is 1.74. The second-order valence-corrected chi connectivity index (χ2v) is 11.4. The van der Waals surface area contributed by atoms with Gasteiger partial charge in [-0.25, -0.2) is 13.2 Å². The van der Waals surface area contributed by atoms with Crippen LogP contribution < -0.4 is 16.0 Å². The number of benzene rings is 2. The average Bonchev–Trinajstić information content (AvgIpc) is 3.65. The number of rotatable bonds is 13. The predicted molar refractivity (Wildman–Crippen MR) is 146 cm³/mol. The Kier molecular flexibility index (Phi) is 9.85. The molecule has 214 valence electrons. The molecule has 2 atom stereocenters. The molecule has 2 aliphatic rings. The van der Waals surface area contributed by atoms with E-state index in [1.54, 1.807) is 42.5 Å². The molecule has 0 aliphatic carbocycles. The zero-order chi connectivity index (χ0) is 28.5. The smallest absolute Gasteiger partial charge is 0.326 e. The molecule has 0 bridgehead atoms. The lowest BCUT2D eigenvalue weighted by molar-refractivity contribution is -0.142. The van der Waals surface area contributed by atoms with Crippen molar-refractivity contribution in [3.8, 4) is 0 Å². The fraction of sp³-hybridized carbons (Fsp3) is 0.407. The van der Waals surface area contributed by atoms with Gasteiger partial charge in [0.25, 0.3) is 0 Å². The van der Waals surface area contributed by atoms with Crippen molar-refractivity contribution in [3.05, 3.63) is 65.7 Å². The minimum Gasteiger partial charge on any atom is -0.480 e. The molecular weight excluding hydrogens is 538 g/mol.